The molecule has 30 heavy (non-hydrogen) atoms. The van der Waals surface area contributed by atoms with Crippen molar-refractivity contribution in [1.29, 1.82) is 0 Å². The van der Waals surface area contributed by atoms with Crippen LogP contribution < -0.4 is 56.5 Å². The number of carboxylic acid groups (broad SMARTS) is 1. The Labute approximate surface area is 222 Å². The van der Waals surface area contributed by atoms with Crippen LogP contribution in [0.3, 0.4) is 0 Å². The Kier molecular flexibility index (Phi) is 12.6. The van der Waals surface area contributed by atoms with Crippen molar-refractivity contribution >= 4 is 11.9 Å². The molecule has 0 aromatic heterocycles. The largest absolute Gasteiger partial charge is 1.00 e. The average Bonchev–Trinajstić information content (AvgIpc) is 2.66. The molecule has 0 aromatic rings. The molecule has 0 saturated carbocycles. The molecule has 0 fully saturated rings. The first-order chi connectivity index (χ1) is 13.7. The van der Waals surface area contributed by atoms with E-state index in [4.69, 9.17) is 4.74 Å². The minimum Gasteiger partial charge on any atom is -0.550 e. The molecule has 6 nitrogen and oxygen atoms in total. The molecule has 0 spiro atoms. The van der Waals surface area contributed by atoms with E-state index < -0.39 is 24.6 Å². The van der Waals surface area contributed by atoms with Crippen LogP contribution in [0.1, 0.15) is 65.7 Å². The van der Waals surface area contributed by atoms with E-state index in [1.165, 1.54) is 5.57 Å². The van der Waals surface area contributed by atoms with E-state index in [0.717, 1.165) is 19.3 Å². The number of carbonyl (C=O) groups is 2. The summed E-state index contributed by atoms with van der Waals surface area (Å²) in [6.45, 7) is 6.00. The van der Waals surface area contributed by atoms with Crippen molar-refractivity contribution in [3.8, 4) is 0 Å². The summed E-state index contributed by atoms with van der Waals surface area (Å²) in [4.78, 5) is 23.0. The fourth-order valence-electron chi connectivity index (χ4n) is 4.48. The number of rotatable bonds is 10. The van der Waals surface area contributed by atoms with Crippen LogP contribution in [-0.4, -0.2) is 40.5 Å². The second kappa shape index (κ2) is 13.5. The molecule has 2 aliphatic rings. The van der Waals surface area contributed by atoms with Gasteiger partial charge in [0, 0.05) is 18.3 Å². The zero-order chi connectivity index (χ0) is 21.6. The first kappa shape index (κ1) is 28.0. The third-order valence-electron chi connectivity index (χ3n) is 6.41. The number of esters is 1. The first-order valence-corrected chi connectivity index (χ1v) is 10.9. The Hall–Kier alpha value is -0.0236. The van der Waals surface area contributed by atoms with Gasteiger partial charge in [0.15, 0.2) is 0 Å². The van der Waals surface area contributed by atoms with Crippen LogP contribution in [0, 0.1) is 23.7 Å². The molecule has 2 rings (SSSR count). The smallest absolute Gasteiger partial charge is 0.550 e. The normalized spacial score (nSPS) is 28.4. The van der Waals surface area contributed by atoms with Crippen molar-refractivity contribution in [2.75, 3.05) is 0 Å². The van der Waals surface area contributed by atoms with Gasteiger partial charge in [0.25, 0.3) is 0 Å². The average molecular weight is 447 g/mol. The summed E-state index contributed by atoms with van der Waals surface area (Å²) in [5, 5.41) is 30.6. The van der Waals surface area contributed by atoms with Gasteiger partial charge in [-0.25, -0.2) is 0 Å². The van der Waals surface area contributed by atoms with Crippen LogP contribution in [0.4, 0.5) is 0 Å². The molecule has 0 saturated heterocycles. The maximum atomic E-state index is 12.4. The van der Waals surface area contributed by atoms with Gasteiger partial charge in [0.1, 0.15) is 6.10 Å². The van der Waals surface area contributed by atoms with Crippen molar-refractivity contribution in [3.05, 3.63) is 23.8 Å². The zero-order valence-electron chi connectivity index (χ0n) is 18.8. The molecule has 2 aliphatic carbocycles. The van der Waals surface area contributed by atoms with Gasteiger partial charge in [-0.15, -0.1) is 0 Å². The predicted molar refractivity (Wildman–Crippen MR) is 107 cm³/mol. The van der Waals surface area contributed by atoms with Gasteiger partial charge >= 0.3 is 57.4 Å². The Bertz CT molecular complexity index is 631. The molecule has 164 valence electrons. The van der Waals surface area contributed by atoms with E-state index in [9.17, 15) is 24.9 Å². The Morgan fingerprint density at radius 3 is 2.63 bits per heavy atom. The van der Waals surface area contributed by atoms with E-state index in [-0.39, 0.29) is 93.6 Å². The molecule has 7 atom stereocenters. The molecule has 0 radical (unpaired) electrons. The summed E-state index contributed by atoms with van der Waals surface area (Å²) in [6, 6.07) is 0. The minimum atomic E-state index is -1.32. The summed E-state index contributed by atoms with van der Waals surface area (Å²) in [7, 11) is 0. The number of aliphatic carboxylic acids is 1. The van der Waals surface area contributed by atoms with Gasteiger partial charge in [0.2, 0.25) is 0 Å². The topological polar surface area (TPSA) is 107 Å². The molecular formula is C23H35KO6. The molecule has 0 heterocycles. The van der Waals surface area contributed by atoms with Crippen LogP contribution in [0.2, 0.25) is 0 Å². The van der Waals surface area contributed by atoms with Crippen molar-refractivity contribution in [3.63, 3.8) is 0 Å². The van der Waals surface area contributed by atoms with Gasteiger partial charge in [0.05, 0.1) is 18.1 Å². The van der Waals surface area contributed by atoms with Crippen molar-refractivity contribution in [2.24, 2.45) is 23.7 Å². The predicted octanol–water partition coefficient (Wildman–Crippen LogP) is -0.861. The van der Waals surface area contributed by atoms with E-state index in [1.54, 1.807) is 0 Å². The van der Waals surface area contributed by atoms with E-state index in [0.29, 0.717) is 12.8 Å². The molecule has 0 amide bonds. The molecule has 0 aromatic carbocycles. The summed E-state index contributed by atoms with van der Waals surface area (Å²) >= 11 is 0. The number of hydrogen-bond acceptors (Lipinski definition) is 6. The zero-order valence-corrected chi connectivity index (χ0v) is 21.9. The SMILES string of the molecule is CC[C@H](C)C(=O)O[C@H]1CCC=C2C=C[C@H](C)[C@H](CC[C@@H](O)C[C@@H](O)CC(=O)[O-])[C@H]21.[K+]. The van der Waals surface area contributed by atoms with Crippen LogP contribution in [0.15, 0.2) is 23.8 Å². The van der Waals surface area contributed by atoms with Gasteiger partial charge < -0.3 is 24.9 Å². The quantitative estimate of drug-likeness (QED) is 0.334. The summed E-state index contributed by atoms with van der Waals surface area (Å²) in [5.41, 5.74) is 1.20. The Morgan fingerprint density at radius 2 is 2.00 bits per heavy atom. The first-order valence-electron chi connectivity index (χ1n) is 10.9. The molecule has 0 unspecified atom stereocenters. The summed E-state index contributed by atoms with van der Waals surface area (Å²) in [6.07, 6.45) is 7.64. The van der Waals surface area contributed by atoms with Crippen LogP contribution in [0.25, 0.3) is 0 Å². The summed E-state index contributed by atoms with van der Waals surface area (Å²) < 4.78 is 5.92. The molecular weight excluding hydrogens is 411 g/mol. The fourth-order valence-corrected chi connectivity index (χ4v) is 4.48. The molecule has 2 N–H and O–H groups in total. The van der Waals surface area contributed by atoms with Crippen LogP contribution >= 0.6 is 0 Å². The molecule has 0 aliphatic heterocycles. The fraction of sp³-hybridized carbons (Fsp3) is 0.739. The third-order valence-corrected chi connectivity index (χ3v) is 6.41. The third kappa shape index (κ3) is 8.15. The number of allylic oxidation sites excluding steroid dienone is 3. The van der Waals surface area contributed by atoms with Gasteiger partial charge in [-0.1, -0.05) is 39.0 Å². The van der Waals surface area contributed by atoms with E-state index in [1.807, 2.05) is 13.8 Å². The maximum absolute atomic E-state index is 12.4. The van der Waals surface area contributed by atoms with Crippen LogP contribution in [0.5, 0.6) is 0 Å². The van der Waals surface area contributed by atoms with E-state index in [2.05, 4.69) is 25.2 Å². The van der Waals surface area contributed by atoms with E-state index >= 15 is 0 Å². The minimum absolute atomic E-state index is 0. The van der Waals surface area contributed by atoms with Gasteiger partial charge in [-0.05, 0) is 55.9 Å². The van der Waals surface area contributed by atoms with Crippen LogP contribution in [-0.2, 0) is 14.3 Å². The standard InChI is InChI=1S/C23H36O6.K/c1-4-14(2)23(28)29-20-7-5-6-16-9-8-15(3)19(22(16)20)11-10-17(24)12-18(25)13-21(26)27;/h6,8-9,14-15,17-20,22,24-25H,4-5,7,10-13H2,1-3H3,(H,26,27);/q;+1/p-1/t14-,15-,17+,18+,19-,20-,22-;/m0./s1. The Balaban J connectivity index is 0.00000450. The number of ether oxygens (including phenoxy) is 1. The number of fused-ring (bicyclic) bond motifs is 1. The maximum Gasteiger partial charge on any atom is 1.00 e. The number of carboxylic acids is 1. The van der Waals surface area contributed by atoms with Gasteiger partial charge in [-0.2, -0.15) is 0 Å². The number of carbonyl (C=O) groups excluding carboxylic acids is 2. The number of hydrogen-bond donors (Lipinski definition) is 2. The molecule has 0 bridgehead atoms. The molecule has 7 heteroatoms. The second-order valence-electron chi connectivity index (χ2n) is 8.67. The van der Waals surface area contributed by atoms with Gasteiger partial charge in [-0.3, -0.25) is 4.79 Å². The number of aliphatic hydroxyl groups is 2. The van der Waals surface area contributed by atoms with Crippen molar-refractivity contribution in [2.45, 2.75) is 84.0 Å². The number of aliphatic hydroxyl groups excluding tert-OH is 2. The Morgan fingerprint density at radius 1 is 1.30 bits per heavy atom. The monoisotopic (exact) mass is 446 g/mol. The second-order valence-corrected chi connectivity index (χ2v) is 8.67. The van der Waals surface area contributed by atoms with Crippen molar-refractivity contribution in [1.82, 2.24) is 0 Å². The van der Waals surface area contributed by atoms with Crippen molar-refractivity contribution < 1.29 is 81.0 Å². The summed E-state index contributed by atoms with van der Waals surface area (Å²) in [5.74, 6) is -0.984.